The molecule has 3 atom stereocenters. The molecule has 1 amide bonds. The van der Waals surface area contributed by atoms with Gasteiger partial charge >= 0.3 is 5.97 Å². The van der Waals surface area contributed by atoms with E-state index in [1.54, 1.807) is 4.90 Å². The zero-order chi connectivity index (χ0) is 12.4. The molecule has 1 aliphatic heterocycles. The van der Waals surface area contributed by atoms with Gasteiger partial charge in [0, 0.05) is 19.1 Å². The fourth-order valence-electron chi connectivity index (χ4n) is 2.52. The Morgan fingerprint density at radius 2 is 2.12 bits per heavy atom. The summed E-state index contributed by atoms with van der Waals surface area (Å²) < 4.78 is 0. The molecule has 1 fully saturated rings. The molecule has 2 aliphatic rings. The van der Waals surface area contributed by atoms with Crippen LogP contribution >= 0.6 is 0 Å². The Morgan fingerprint density at radius 1 is 1.35 bits per heavy atom. The maximum atomic E-state index is 12.1. The van der Waals surface area contributed by atoms with Crippen molar-refractivity contribution < 1.29 is 14.7 Å². The highest BCUT2D eigenvalue weighted by Gasteiger charge is 2.32. The van der Waals surface area contributed by atoms with Gasteiger partial charge in [0.1, 0.15) is 0 Å². The van der Waals surface area contributed by atoms with Gasteiger partial charge in [-0.1, -0.05) is 12.2 Å². The van der Waals surface area contributed by atoms with E-state index in [4.69, 9.17) is 10.8 Å². The van der Waals surface area contributed by atoms with E-state index in [-0.39, 0.29) is 17.9 Å². The molecule has 0 bridgehead atoms. The summed E-state index contributed by atoms with van der Waals surface area (Å²) in [5.74, 6) is -1.34. The predicted octanol–water partition coefficient (Wildman–Crippen LogP) is 0.213. The second-order valence-corrected chi connectivity index (χ2v) is 4.85. The lowest BCUT2D eigenvalue weighted by Crippen LogP contribution is -2.44. The molecule has 94 valence electrons. The molecular weight excluding hydrogens is 220 g/mol. The number of hydrogen-bond donors (Lipinski definition) is 2. The first-order valence-electron chi connectivity index (χ1n) is 6.03. The molecule has 0 saturated carbocycles. The van der Waals surface area contributed by atoms with Crippen LogP contribution in [0.25, 0.3) is 0 Å². The third-order valence-electron chi connectivity index (χ3n) is 3.52. The minimum Gasteiger partial charge on any atom is -0.481 e. The van der Waals surface area contributed by atoms with E-state index < -0.39 is 11.9 Å². The standard InChI is InChI=1S/C12H18N2O3/c13-10-4-3-8(6-10)11(15)14-5-1-2-9(7-14)12(16)17/h3-4,8-10H,1-2,5-7,13H2,(H,16,17). The molecule has 3 N–H and O–H groups in total. The van der Waals surface area contributed by atoms with Crippen molar-refractivity contribution in [3.63, 3.8) is 0 Å². The zero-order valence-electron chi connectivity index (χ0n) is 9.71. The summed E-state index contributed by atoms with van der Waals surface area (Å²) in [6.07, 6.45) is 5.77. The van der Waals surface area contributed by atoms with Gasteiger partial charge in [0.05, 0.1) is 11.8 Å². The molecular formula is C12H18N2O3. The highest BCUT2D eigenvalue weighted by Crippen LogP contribution is 2.23. The average molecular weight is 238 g/mol. The van der Waals surface area contributed by atoms with Crippen molar-refractivity contribution in [1.29, 1.82) is 0 Å². The van der Waals surface area contributed by atoms with E-state index in [1.807, 2.05) is 12.2 Å². The maximum absolute atomic E-state index is 12.1. The molecule has 1 aliphatic carbocycles. The Kier molecular flexibility index (Phi) is 3.47. The second-order valence-electron chi connectivity index (χ2n) is 4.85. The number of amides is 1. The van der Waals surface area contributed by atoms with E-state index in [1.165, 1.54) is 0 Å². The molecule has 1 saturated heterocycles. The lowest BCUT2D eigenvalue weighted by molar-refractivity contribution is -0.146. The molecule has 17 heavy (non-hydrogen) atoms. The largest absolute Gasteiger partial charge is 0.481 e. The SMILES string of the molecule is NC1C=CC(C(=O)N2CCCC(C(=O)O)C2)C1. The summed E-state index contributed by atoms with van der Waals surface area (Å²) in [4.78, 5) is 24.7. The zero-order valence-corrected chi connectivity index (χ0v) is 9.71. The van der Waals surface area contributed by atoms with E-state index in [2.05, 4.69) is 0 Å². The number of aliphatic carboxylic acids is 1. The first-order chi connectivity index (χ1) is 8.08. The maximum Gasteiger partial charge on any atom is 0.308 e. The number of piperidine rings is 1. The highest BCUT2D eigenvalue weighted by atomic mass is 16.4. The third kappa shape index (κ3) is 2.66. The molecule has 5 nitrogen and oxygen atoms in total. The number of carboxylic acid groups (broad SMARTS) is 1. The summed E-state index contributed by atoms with van der Waals surface area (Å²) in [5, 5.41) is 8.97. The summed E-state index contributed by atoms with van der Waals surface area (Å²) in [5.41, 5.74) is 5.72. The van der Waals surface area contributed by atoms with Crippen molar-refractivity contribution in [2.45, 2.75) is 25.3 Å². The molecule has 2 rings (SSSR count). The van der Waals surface area contributed by atoms with Gasteiger partial charge in [0.2, 0.25) is 5.91 Å². The Balaban J connectivity index is 1.95. The summed E-state index contributed by atoms with van der Waals surface area (Å²) >= 11 is 0. The van der Waals surface area contributed by atoms with Crippen molar-refractivity contribution in [2.24, 2.45) is 17.6 Å². The van der Waals surface area contributed by atoms with E-state index in [0.717, 1.165) is 6.42 Å². The molecule has 0 radical (unpaired) electrons. The van der Waals surface area contributed by atoms with Gasteiger partial charge in [-0.15, -0.1) is 0 Å². The van der Waals surface area contributed by atoms with Crippen LogP contribution in [0.3, 0.4) is 0 Å². The van der Waals surface area contributed by atoms with Crippen LogP contribution in [0.15, 0.2) is 12.2 Å². The van der Waals surface area contributed by atoms with Crippen LogP contribution in [0.5, 0.6) is 0 Å². The summed E-state index contributed by atoms with van der Waals surface area (Å²) in [6.45, 7) is 1.01. The Bertz CT molecular complexity index is 354. The van der Waals surface area contributed by atoms with E-state index in [0.29, 0.717) is 25.9 Å². The first kappa shape index (κ1) is 12.1. The molecule has 1 heterocycles. The van der Waals surface area contributed by atoms with E-state index in [9.17, 15) is 9.59 Å². The van der Waals surface area contributed by atoms with Crippen molar-refractivity contribution in [1.82, 2.24) is 4.90 Å². The van der Waals surface area contributed by atoms with Crippen LogP contribution in [0.1, 0.15) is 19.3 Å². The normalized spacial score (nSPS) is 32.8. The Labute approximate surface area is 100 Å². The third-order valence-corrected chi connectivity index (χ3v) is 3.52. The first-order valence-corrected chi connectivity index (χ1v) is 6.03. The summed E-state index contributed by atoms with van der Waals surface area (Å²) in [7, 11) is 0. The molecule has 0 aromatic carbocycles. The fourth-order valence-corrected chi connectivity index (χ4v) is 2.52. The van der Waals surface area contributed by atoms with Crippen LogP contribution in [0.4, 0.5) is 0 Å². The van der Waals surface area contributed by atoms with Crippen molar-refractivity contribution in [3.05, 3.63) is 12.2 Å². The van der Waals surface area contributed by atoms with Gasteiger partial charge in [-0.25, -0.2) is 0 Å². The Morgan fingerprint density at radius 3 is 2.71 bits per heavy atom. The van der Waals surface area contributed by atoms with Gasteiger partial charge in [-0.05, 0) is 19.3 Å². The monoisotopic (exact) mass is 238 g/mol. The molecule has 0 aromatic heterocycles. The highest BCUT2D eigenvalue weighted by molar-refractivity contribution is 5.82. The summed E-state index contributed by atoms with van der Waals surface area (Å²) in [6, 6.07) is -0.0380. The molecule has 5 heteroatoms. The van der Waals surface area contributed by atoms with Crippen LogP contribution in [-0.2, 0) is 9.59 Å². The minimum atomic E-state index is -0.804. The number of carboxylic acids is 1. The van der Waals surface area contributed by atoms with Gasteiger partial charge in [-0.3, -0.25) is 9.59 Å². The van der Waals surface area contributed by atoms with E-state index >= 15 is 0 Å². The molecule has 3 unspecified atom stereocenters. The number of likely N-dealkylation sites (tertiary alicyclic amines) is 1. The van der Waals surface area contributed by atoms with Crippen molar-refractivity contribution >= 4 is 11.9 Å². The second kappa shape index (κ2) is 4.87. The van der Waals surface area contributed by atoms with Crippen LogP contribution in [-0.4, -0.2) is 41.0 Å². The van der Waals surface area contributed by atoms with Gasteiger partial charge in [0.25, 0.3) is 0 Å². The smallest absolute Gasteiger partial charge is 0.308 e. The number of carbonyl (C=O) groups excluding carboxylic acids is 1. The van der Waals surface area contributed by atoms with Crippen LogP contribution < -0.4 is 5.73 Å². The molecule has 0 spiro atoms. The average Bonchev–Trinajstić information content (AvgIpc) is 2.75. The van der Waals surface area contributed by atoms with Gasteiger partial charge in [0.15, 0.2) is 0 Å². The molecule has 0 aromatic rings. The lowest BCUT2D eigenvalue weighted by Gasteiger charge is -2.32. The van der Waals surface area contributed by atoms with Crippen molar-refractivity contribution in [2.75, 3.05) is 13.1 Å². The minimum absolute atomic E-state index is 0.0279. The fraction of sp³-hybridized carbons (Fsp3) is 0.667. The number of nitrogens with zero attached hydrogens (tertiary/aromatic N) is 1. The van der Waals surface area contributed by atoms with Gasteiger partial charge in [-0.2, -0.15) is 0 Å². The Hall–Kier alpha value is -1.36. The lowest BCUT2D eigenvalue weighted by atomic mass is 9.96. The van der Waals surface area contributed by atoms with Crippen LogP contribution in [0.2, 0.25) is 0 Å². The quantitative estimate of drug-likeness (QED) is 0.674. The van der Waals surface area contributed by atoms with Crippen molar-refractivity contribution in [3.8, 4) is 0 Å². The van der Waals surface area contributed by atoms with Gasteiger partial charge < -0.3 is 15.7 Å². The number of nitrogens with two attached hydrogens (primary N) is 1. The number of rotatable bonds is 2. The number of hydrogen-bond acceptors (Lipinski definition) is 3. The predicted molar refractivity (Wildman–Crippen MR) is 62.2 cm³/mol. The topological polar surface area (TPSA) is 83.6 Å². The number of carbonyl (C=O) groups is 2. The van der Waals surface area contributed by atoms with Crippen LogP contribution in [0, 0.1) is 11.8 Å².